The fourth-order valence-electron chi connectivity index (χ4n) is 2.95. The number of thiophene rings is 1. The minimum absolute atomic E-state index is 0.0168. The molecule has 0 aliphatic carbocycles. The van der Waals surface area contributed by atoms with Crippen molar-refractivity contribution in [3.8, 4) is 22.8 Å². The maximum absolute atomic E-state index is 13.8. The van der Waals surface area contributed by atoms with E-state index in [1.54, 1.807) is 18.2 Å². The van der Waals surface area contributed by atoms with Crippen LogP contribution in [0.4, 0.5) is 13.2 Å². The van der Waals surface area contributed by atoms with Crippen molar-refractivity contribution in [3.05, 3.63) is 46.5 Å². The number of halogens is 3. The number of alkyl halides is 3. The van der Waals surface area contributed by atoms with Crippen LogP contribution in [0.15, 0.2) is 35.4 Å². The Bertz CT molecular complexity index is 1260. The number of nitrogens with zero attached hydrogens (tertiary/aromatic N) is 2. The molecule has 4 rings (SSSR count). The maximum atomic E-state index is 13.8. The van der Waals surface area contributed by atoms with E-state index in [1.165, 1.54) is 14.2 Å². The van der Waals surface area contributed by atoms with Gasteiger partial charge >= 0.3 is 6.18 Å². The van der Waals surface area contributed by atoms with Crippen molar-refractivity contribution in [2.24, 2.45) is 0 Å². The zero-order valence-corrected chi connectivity index (χ0v) is 15.4. The third-order valence-corrected chi connectivity index (χ3v) is 5.29. The summed E-state index contributed by atoms with van der Waals surface area (Å²) in [4.78, 5) is 22.8. The summed E-state index contributed by atoms with van der Waals surface area (Å²) in [5.41, 5.74) is -0.992. The van der Waals surface area contributed by atoms with Gasteiger partial charge in [-0.15, -0.1) is 11.3 Å². The third-order valence-electron chi connectivity index (χ3n) is 4.22. The molecule has 0 spiro atoms. The Morgan fingerprint density at radius 1 is 1.14 bits per heavy atom. The van der Waals surface area contributed by atoms with E-state index in [2.05, 4.69) is 15.0 Å². The van der Waals surface area contributed by atoms with Gasteiger partial charge in [-0.05, 0) is 18.2 Å². The molecule has 4 aromatic rings. The lowest BCUT2D eigenvalue weighted by Gasteiger charge is -2.13. The second kappa shape index (κ2) is 6.48. The average Bonchev–Trinajstić information content (AvgIpc) is 3.06. The first-order valence-corrected chi connectivity index (χ1v) is 8.75. The highest BCUT2D eigenvalue weighted by molar-refractivity contribution is 7.25. The number of hydrogen-bond donors (Lipinski definition) is 1. The lowest BCUT2D eigenvalue weighted by molar-refractivity contribution is -0.136. The Morgan fingerprint density at radius 3 is 2.61 bits per heavy atom. The summed E-state index contributed by atoms with van der Waals surface area (Å²) in [6.07, 6.45) is -3.58. The Kier molecular flexibility index (Phi) is 4.22. The molecule has 0 bridgehead atoms. The normalized spacial score (nSPS) is 11.9. The Hall–Kier alpha value is -3.14. The van der Waals surface area contributed by atoms with Crippen LogP contribution in [-0.4, -0.2) is 29.2 Å². The van der Waals surface area contributed by atoms with E-state index in [-0.39, 0.29) is 26.1 Å². The summed E-state index contributed by atoms with van der Waals surface area (Å²) in [6.45, 7) is 0. The minimum Gasteiger partial charge on any atom is -0.497 e. The molecule has 0 fully saturated rings. The van der Waals surface area contributed by atoms with Gasteiger partial charge in [-0.2, -0.15) is 13.2 Å². The highest BCUT2D eigenvalue weighted by atomic mass is 32.1. The molecule has 6 nitrogen and oxygen atoms in total. The summed E-state index contributed by atoms with van der Waals surface area (Å²) in [5.74, 6) is 0.812. The fraction of sp³-hybridized carbons (Fsp3) is 0.167. The average molecular weight is 407 g/mol. The van der Waals surface area contributed by atoms with Crippen LogP contribution in [0, 0.1) is 0 Å². The Labute approximate surface area is 159 Å². The zero-order chi connectivity index (χ0) is 20.1. The number of methoxy groups -OCH3 is 2. The van der Waals surface area contributed by atoms with Gasteiger partial charge in [0.15, 0.2) is 0 Å². The van der Waals surface area contributed by atoms with Crippen LogP contribution >= 0.6 is 11.3 Å². The second-order valence-electron chi connectivity index (χ2n) is 5.81. The van der Waals surface area contributed by atoms with E-state index in [9.17, 15) is 18.0 Å². The van der Waals surface area contributed by atoms with Gasteiger partial charge < -0.3 is 14.5 Å². The first-order valence-electron chi connectivity index (χ1n) is 7.94. The largest absolute Gasteiger partial charge is 0.497 e. The molecule has 28 heavy (non-hydrogen) atoms. The summed E-state index contributed by atoms with van der Waals surface area (Å²) in [6, 6.07) is 5.69. The van der Waals surface area contributed by atoms with Gasteiger partial charge in [0.25, 0.3) is 5.56 Å². The van der Waals surface area contributed by atoms with Gasteiger partial charge in [0, 0.05) is 11.6 Å². The van der Waals surface area contributed by atoms with Gasteiger partial charge in [-0.25, -0.2) is 9.97 Å². The zero-order valence-electron chi connectivity index (χ0n) is 14.5. The molecule has 0 atom stereocenters. The molecule has 10 heteroatoms. The molecule has 3 heterocycles. The molecule has 0 saturated heterocycles. The fourth-order valence-corrected chi connectivity index (χ4v) is 4.00. The van der Waals surface area contributed by atoms with E-state index in [1.807, 2.05) is 0 Å². The second-order valence-corrected chi connectivity index (χ2v) is 6.81. The van der Waals surface area contributed by atoms with Gasteiger partial charge in [0.2, 0.25) is 0 Å². The van der Waals surface area contributed by atoms with E-state index in [0.29, 0.717) is 17.1 Å². The monoisotopic (exact) mass is 407 g/mol. The molecule has 3 aromatic heterocycles. The van der Waals surface area contributed by atoms with Gasteiger partial charge in [-0.3, -0.25) is 4.79 Å². The molecule has 0 amide bonds. The molecular formula is C18H12F3N3O3S. The van der Waals surface area contributed by atoms with Crippen LogP contribution in [0.5, 0.6) is 11.5 Å². The van der Waals surface area contributed by atoms with E-state index in [4.69, 9.17) is 9.47 Å². The minimum atomic E-state index is -4.66. The van der Waals surface area contributed by atoms with Gasteiger partial charge in [-0.1, -0.05) is 0 Å². The molecule has 144 valence electrons. The van der Waals surface area contributed by atoms with Crippen molar-refractivity contribution >= 4 is 31.8 Å². The molecule has 1 N–H and O–H groups in total. The summed E-state index contributed by atoms with van der Waals surface area (Å²) < 4.78 is 52.0. The first kappa shape index (κ1) is 18.2. The molecule has 0 aliphatic rings. The number of hydrogen-bond acceptors (Lipinski definition) is 6. The standard InChI is InChI=1S/C18H12F3N3O3S/c1-26-8-3-4-9(12(5-8)27-2)11-6-10(18(19,20)21)13-14-15(28-17(13)24-11)16(25)23-7-22-14/h3-7H,1-2H3,(H,22,23,25). The van der Waals surface area contributed by atoms with Crippen LogP contribution in [0.2, 0.25) is 0 Å². The van der Waals surface area contributed by atoms with Crippen LogP contribution in [0.1, 0.15) is 5.56 Å². The number of H-pyrrole nitrogens is 1. The summed E-state index contributed by atoms with van der Waals surface area (Å²) >= 11 is 0.866. The number of nitrogens with one attached hydrogen (secondary N) is 1. The van der Waals surface area contributed by atoms with Crippen LogP contribution in [-0.2, 0) is 6.18 Å². The van der Waals surface area contributed by atoms with Crippen LogP contribution in [0.25, 0.3) is 31.7 Å². The van der Waals surface area contributed by atoms with Crippen molar-refractivity contribution in [2.45, 2.75) is 6.18 Å². The predicted molar refractivity (Wildman–Crippen MR) is 99.1 cm³/mol. The van der Waals surface area contributed by atoms with Gasteiger partial charge in [0.05, 0.1) is 42.7 Å². The van der Waals surface area contributed by atoms with Crippen molar-refractivity contribution in [1.82, 2.24) is 15.0 Å². The third kappa shape index (κ3) is 2.85. The van der Waals surface area contributed by atoms with E-state index >= 15 is 0 Å². The van der Waals surface area contributed by atoms with Crippen molar-refractivity contribution < 1.29 is 22.6 Å². The summed E-state index contributed by atoms with van der Waals surface area (Å²) in [7, 11) is 2.88. The maximum Gasteiger partial charge on any atom is 0.417 e. The highest BCUT2D eigenvalue weighted by Crippen LogP contribution is 2.43. The van der Waals surface area contributed by atoms with E-state index in [0.717, 1.165) is 23.7 Å². The van der Waals surface area contributed by atoms with Gasteiger partial charge in [0.1, 0.15) is 21.0 Å². The van der Waals surface area contributed by atoms with Crippen LogP contribution < -0.4 is 15.0 Å². The molecule has 0 unspecified atom stereocenters. The topological polar surface area (TPSA) is 77.1 Å². The van der Waals surface area contributed by atoms with Crippen molar-refractivity contribution in [3.63, 3.8) is 0 Å². The number of aromatic amines is 1. The number of rotatable bonds is 3. The number of aromatic nitrogens is 3. The Morgan fingerprint density at radius 2 is 1.93 bits per heavy atom. The number of fused-ring (bicyclic) bond motifs is 3. The lowest BCUT2D eigenvalue weighted by atomic mass is 10.0. The van der Waals surface area contributed by atoms with Crippen molar-refractivity contribution in [2.75, 3.05) is 14.2 Å². The Balaban J connectivity index is 2.09. The number of pyridine rings is 1. The quantitative estimate of drug-likeness (QED) is 0.550. The lowest BCUT2D eigenvalue weighted by Crippen LogP contribution is -2.08. The smallest absolute Gasteiger partial charge is 0.417 e. The summed E-state index contributed by atoms with van der Waals surface area (Å²) in [5, 5.41) is -0.185. The number of ether oxygens (including phenoxy) is 2. The SMILES string of the molecule is COc1ccc(-c2cc(C(F)(F)F)c3c(n2)sc2c(=O)[nH]cnc23)c(OC)c1. The molecule has 0 aliphatic heterocycles. The number of benzene rings is 1. The first-order chi connectivity index (χ1) is 13.3. The molecular weight excluding hydrogens is 395 g/mol. The van der Waals surface area contributed by atoms with E-state index < -0.39 is 17.3 Å². The molecule has 0 radical (unpaired) electrons. The molecule has 1 aromatic carbocycles. The predicted octanol–water partition coefficient (Wildman–Crippen LogP) is 4.24. The van der Waals surface area contributed by atoms with Crippen LogP contribution in [0.3, 0.4) is 0 Å². The molecule has 0 saturated carbocycles. The highest BCUT2D eigenvalue weighted by Gasteiger charge is 2.36. The van der Waals surface area contributed by atoms with Crippen molar-refractivity contribution in [1.29, 1.82) is 0 Å².